The van der Waals surface area contributed by atoms with Crippen LogP contribution in [0.3, 0.4) is 0 Å². The minimum atomic E-state index is 0.785. The first kappa shape index (κ1) is 12.9. The van der Waals surface area contributed by atoms with Crippen molar-refractivity contribution in [2.75, 3.05) is 6.54 Å². The van der Waals surface area contributed by atoms with E-state index in [4.69, 9.17) is 4.42 Å². The van der Waals surface area contributed by atoms with Crippen molar-refractivity contribution in [1.29, 1.82) is 0 Å². The minimum Gasteiger partial charge on any atom is -0.444 e. The molecule has 0 saturated heterocycles. The van der Waals surface area contributed by atoms with Crippen molar-refractivity contribution >= 4 is 11.3 Å². The van der Waals surface area contributed by atoms with Crippen LogP contribution in [0.5, 0.6) is 0 Å². The van der Waals surface area contributed by atoms with Crippen LogP contribution in [0.2, 0.25) is 0 Å². The number of thiophene rings is 1. The van der Waals surface area contributed by atoms with E-state index in [9.17, 15) is 0 Å². The Balaban J connectivity index is 1.73. The van der Waals surface area contributed by atoms with Gasteiger partial charge >= 0.3 is 0 Å². The second-order valence-corrected chi connectivity index (χ2v) is 6.22. The van der Waals surface area contributed by atoms with Crippen molar-refractivity contribution in [2.45, 2.75) is 45.6 Å². The molecule has 0 unspecified atom stereocenters. The fourth-order valence-corrected chi connectivity index (χ4v) is 3.68. The molecule has 0 atom stereocenters. The van der Waals surface area contributed by atoms with Crippen LogP contribution < -0.4 is 5.32 Å². The van der Waals surface area contributed by atoms with Crippen LogP contribution in [0.25, 0.3) is 10.8 Å². The Kier molecular flexibility index (Phi) is 3.99. The molecule has 0 aromatic carbocycles. The third-order valence-corrected chi connectivity index (χ3v) is 4.72. The van der Waals surface area contributed by atoms with Crippen LogP contribution in [0.1, 0.15) is 42.3 Å². The number of nitrogens with zero attached hydrogens (tertiary/aromatic N) is 1. The monoisotopic (exact) mass is 276 g/mol. The van der Waals surface area contributed by atoms with Crippen LogP contribution in [0.4, 0.5) is 0 Å². The van der Waals surface area contributed by atoms with E-state index in [0.717, 1.165) is 31.1 Å². The minimum absolute atomic E-state index is 0.785. The van der Waals surface area contributed by atoms with Gasteiger partial charge in [-0.15, -0.1) is 11.3 Å². The molecule has 0 amide bonds. The fraction of sp³-hybridized carbons (Fsp3) is 0.533. The molecule has 102 valence electrons. The van der Waals surface area contributed by atoms with Gasteiger partial charge < -0.3 is 9.73 Å². The summed E-state index contributed by atoms with van der Waals surface area (Å²) in [5.41, 5.74) is 2.50. The van der Waals surface area contributed by atoms with E-state index < -0.39 is 0 Å². The summed E-state index contributed by atoms with van der Waals surface area (Å²) in [7, 11) is 0. The van der Waals surface area contributed by atoms with Crippen LogP contribution in [-0.2, 0) is 19.4 Å². The summed E-state index contributed by atoms with van der Waals surface area (Å²) in [5.74, 6) is 0.785. The maximum absolute atomic E-state index is 5.62. The van der Waals surface area contributed by atoms with Crippen molar-refractivity contribution in [3.05, 3.63) is 28.5 Å². The lowest BCUT2D eigenvalue weighted by atomic mass is 9.99. The Morgan fingerprint density at radius 3 is 3.11 bits per heavy atom. The number of fused-ring (bicyclic) bond motifs is 1. The quantitative estimate of drug-likeness (QED) is 0.845. The van der Waals surface area contributed by atoms with Gasteiger partial charge in [0.25, 0.3) is 0 Å². The van der Waals surface area contributed by atoms with Crippen molar-refractivity contribution in [1.82, 2.24) is 10.3 Å². The Labute approximate surface area is 118 Å². The van der Waals surface area contributed by atoms with E-state index in [2.05, 4.69) is 23.3 Å². The summed E-state index contributed by atoms with van der Waals surface area (Å²) in [6.45, 7) is 3.98. The first-order valence-electron chi connectivity index (χ1n) is 7.14. The number of rotatable bonds is 5. The van der Waals surface area contributed by atoms with E-state index in [-0.39, 0.29) is 0 Å². The maximum Gasteiger partial charge on any atom is 0.236 e. The predicted octanol–water partition coefficient (Wildman–Crippen LogP) is 3.78. The van der Waals surface area contributed by atoms with E-state index in [1.165, 1.54) is 41.0 Å². The summed E-state index contributed by atoms with van der Waals surface area (Å²) >= 11 is 1.85. The summed E-state index contributed by atoms with van der Waals surface area (Å²) < 4.78 is 5.62. The summed E-state index contributed by atoms with van der Waals surface area (Å²) in [5, 5.41) is 3.35. The van der Waals surface area contributed by atoms with Crippen LogP contribution in [-0.4, -0.2) is 11.5 Å². The van der Waals surface area contributed by atoms with Gasteiger partial charge in [0, 0.05) is 11.4 Å². The lowest BCUT2D eigenvalue weighted by Crippen LogP contribution is -2.13. The van der Waals surface area contributed by atoms with Crippen LogP contribution in [0.15, 0.2) is 16.7 Å². The van der Waals surface area contributed by atoms with Crippen LogP contribution in [0, 0.1) is 0 Å². The lowest BCUT2D eigenvalue weighted by Gasteiger charge is -2.08. The SMILES string of the molecule is CCCNCc1coc(-c2cc3c(s2)CCCC3)n1. The molecule has 0 spiro atoms. The van der Waals surface area contributed by atoms with E-state index in [1.54, 1.807) is 6.26 Å². The van der Waals surface area contributed by atoms with Crippen molar-refractivity contribution < 1.29 is 4.42 Å². The lowest BCUT2D eigenvalue weighted by molar-refractivity contribution is 0.571. The Hall–Kier alpha value is -1.13. The third-order valence-electron chi connectivity index (χ3n) is 3.49. The molecule has 0 bridgehead atoms. The molecule has 3 nitrogen and oxygen atoms in total. The number of nitrogens with one attached hydrogen (secondary N) is 1. The molecule has 0 fully saturated rings. The number of aryl methyl sites for hydroxylation is 2. The molecule has 1 aliphatic rings. The predicted molar refractivity (Wildman–Crippen MR) is 78.5 cm³/mol. The van der Waals surface area contributed by atoms with Gasteiger partial charge in [-0.05, 0) is 50.3 Å². The van der Waals surface area contributed by atoms with E-state index in [0.29, 0.717) is 0 Å². The van der Waals surface area contributed by atoms with Gasteiger partial charge in [-0.3, -0.25) is 0 Å². The van der Waals surface area contributed by atoms with Gasteiger partial charge in [-0.25, -0.2) is 4.98 Å². The molecule has 3 rings (SSSR count). The average molecular weight is 276 g/mol. The van der Waals surface area contributed by atoms with Gasteiger partial charge in [0.15, 0.2) is 0 Å². The summed E-state index contributed by atoms with van der Waals surface area (Å²) in [4.78, 5) is 7.30. The van der Waals surface area contributed by atoms with E-state index >= 15 is 0 Å². The number of hydrogen-bond donors (Lipinski definition) is 1. The highest BCUT2D eigenvalue weighted by Crippen LogP contribution is 2.35. The zero-order valence-electron chi connectivity index (χ0n) is 11.4. The Morgan fingerprint density at radius 1 is 1.37 bits per heavy atom. The Bertz CT molecular complexity index is 521. The highest BCUT2D eigenvalue weighted by Gasteiger charge is 2.16. The molecule has 4 heteroatoms. The smallest absolute Gasteiger partial charge is 0.236 e. The third kappa shape index (κ3) is 2.90. The first-order chi connectivity index (χ1) is 9.36. The van der Waals surface area contributed by atoms with Crippen molar-refractivity contribution in [3.63, 3.8) is 0 Å². The summed E-state index contributed by atoms with van der Waals surface area (Å²) in [6, 6.07) is 2.27. The van der Waals surface area contributed by atoms with Gasteiger partial charge in [0.2, 0.25) is 5.89 Å². The maximum atomic E-state index is 5.62. The standard InChI is InChI=1S/C15H20N2OS/c1-2-7-16-9-12-10-18-15(17-12)14-8-11-5-3-4-6-13(11)19-14/h8,10,16H,2-7,9H2,1H3. The molecular formula is C15H20N2OS. The molecule has 1 aliphatic carbocycles. The molecule has 19 heavy (non-hydrogen) atoms. The first-order valence-corrected chi connectivity index (χ1v) is 7.95. The van der Waals surface area contributed by atoms with Gasteiger partial charge in [-0.1, -0.05) is 6.92 Å². The molecule has 0 radical (unpaired) electrons. The fourth-order valence-electron chi connectivity index (χ4n) is 2.49. The largest absolute Gasteiger partial charge is 0.444 e. The second-order valence-electron chi connectivity index (χ2n) is 5.09. The van der Waals surface area contributed by atoms with Crippen molar-refractivity contribution in [2.24, 2.45) is 0 Å². The van der Waals surface area contributed by atoms with Gasteiger partial charge in [-0.2, -0.15) is 0 Å². The number of aromatic nitrogens is 1. The molecule has 2 aromatic heterocycles. The Morgan fingerprint density at radius 2 is 2.26 bits per heavy atom. The zero-order valence-corrected chi connectivity index (χ0v) is 12.2. The number of oxazole rings is 1. The van der Waals surface area contributed by atoms with Gasteiger partial charge in [0.1, 0.15) is 6.26 Å². The highest BCUT2D eigenvalue weighted by molar-refractivity contribution is 7.15. The summed E-state index contributed by atoms with van der Waals surface area (Å²) in [6.07, 6.45) is 8.01. The normalized spacial score (nSPS) is 14.6. The van der Waals surface area contributed by atoms with Crippen molar-refractivity contribution in [3.8, 4) is 10.8 Å². The molecule has 1 N–H and O–H groups in total. The molecular weight excluding hydrogens is 256 g/mol. The van der Waals surface area contributed by atoms with Gasteiger partial charge in [0.05, 0.1) is 10.6 Å². The highest BCUT2D eigenvalue weighted by atomic mass is 32.1. The molecule has 0 saturated carbocycles. The second kappa shape index (κ2) is 5.88. The molecule has 2 heterocycles. The molecule has 0 aliphatic heterocycles. The topological polar surface area (TPSA) is 38.1 Å². The van der Waals surface area contributed by atoms with E-state index in [1.807, 2.05) is 11.3 Å². The average Bonchev–Trinajstić information content (AvgIpc) is 3.04. The van der Waals surface area contributed by atoms with Crippen LogP contribution >= 0.6 is 11.3 Å². The number of hydrogen-bond acceptors (Lipinski definition) is 4. The molecule has 2 aromatic rings. The zero-order chi connectivity index (χ0) is 13.1.